The van der Waals surface area contributed by atoms with E-state index in [1.165, 1.54) is 109 Å². The third-order valence-corrected chi connectivity index (χ3v) is 10.5. The summed E-state index contributed by atoms with van der Waals surface area (Å²) in [5, 5.41) is 64.7. The van der Waals surface area contributed by atoms with E-state index in [-0.39, 0.29) is 25.4 Å². The van der Waals surface area contributed by atoms with Crippen molar-refractivity contribution in [3.63, 3.8) is 0 Å². The van der Waals surface area contributed by atoms with Gasteiger partial charge in [-0.2, -0.15) is 0 Å². The number of rotatable bonds is 32. The van der Waals surface area contributed by atoms with Crippen LogP contribution in [0.4, 0.5) is 0 Å². The summed E-state index contributed by atoms with van der Waals surface area (Å²) in [7, 11) is 0. The van der Waals surface area contributed by atoms with Crippen molar-refractivity contribution in [1.29, 1.82) is 0 Å². The van der Waals surface area contributed by atoms with Crippen LogP contribution in [0.2, 0.25) is 0 Å². The summed E-state index contributed by atoms with van der Waals surface area (Å²) >= 11 is 0. The van der Waals surface area contributed by atoms with Gasteiger partial charge in [-0.05, 0) is 24.8 Å². The largest absolute Gasteiger partial charge is 0.394 e. The second-order valence-corrected chi connectivity index (χ2v) is 15.1. The molecule has 10 heteroatoms. The molecule has 7 N–H and O–H groups in total. The molecule has 52 heavy (non-hydrogen) atoms. The number of amides is 1. The van der Waals surface area contributed by atoms with Crippen molar-refractivity contribution in [2.75, 3.05) is 13.2 Å². The monoisotopic (exact) mass is 738 g/mol. The Hall–Kier alpha value is -1.63. The van der Waals surface area contributed by atoms with Gasteiger partial charge in [0.05, 0.1) is 25.4 Å². The highest BCUT2D eigenvalue weighted by Gasteiger charge is 2.44. The highest BCUT2D eigenvalue weighted by Crippen LogP contribution is 2.23. The molecular weight excluding hydrogens is 662 g/mol. The number of benzene rings is 1. The van der Waals surface area contributed by atoms with Gasteiger partial charge in [-0.1, -0.05) is 166 Å². The van der Waals surface area contributed by atoms with Crippen LogP contribution in [0, 0.1) is 0 Å². The van der Waals surface area contributed by atoms with Gasteiger partial charge in [0.1, 0.15) is 30.5 Å². The average Bonchev–Trinajstić information content (AvgIpc) is 3.15. The molecule has 0 unspecified atom stereocenters. The number of unbranched alkanes of at least 4 members (excludes halogenated alkanes) is 20. The lowest BCUT2D eigenvalue weighted by atomic mass is 9.98. The minimum Gasteiger partial charge on any atom is -0.394 e. The van der Waals surface area contributed by atoms with Gasteiger partial charge in [-0.25, -0.2) is 0 Å². The third-order valence-electron chi connectivity index (χ3n) is 10.5. The van der Waals surface area contributed by atoms with Crippen molar-refractivity contribution >= 4 is 5.91 Å². The molecule has 0 spiro atoms. The van der Waals surface area contributed by atoms with E-state index in [2.05, 4.69) is 12.2 Å². The quantitative estimate of drug-likeness (QED) is 0.0423. The van der Waals surface area contributed by atoms with Gasteiger partial charge < -0.3 is 45.4 Å². The summed E-state index contributed by atoms with van der Waals surface area (Å²) in [6.45, 7) is 1.33. The van der Waals surface area contributed by atoms with Crippen molar-refractivity contribution in [3.8, 4) is 0 Å². The summed E-state index contributed by atoms with van der Waals surface area (Å²) in [5.74, 6) is -0.283. The molecule has 1 aromatic carbocycles. The van der Waals surface area contributed by atoms with E-state index >= 15 is 0 Å². The first-order valence-corrected chi connectivity index (χ1v) is 20.9. The van der Waals surface area contributed by atoms with Crippen LogP contribution >= 0.6 is 0 Å². The third kappa shape index (κ3) is 20.2. The number of aryl methyl sites for hydroxylation is 1. The molecule has 1 amide bonds. The Labute approximate surface area is 314 Å². The van der Waals surface area contributed by atoms with Gasteiger partial charge in [-0.3, -0.25) is 4.79 Å². The van der Waals surface area contributed by atoms with Crippen LogP contribution in [0.25, 0.3) is 0 Å². The maximum Gasteiger partial charge on any atom is 0.220 e. The fourth-order valence-electron chi connectivity index (χ4n) is 7.02. The molecule has 1 fully saturated rings. The van der Waals surface area contributed by atoms with Crippen molar-refractivity contribution in [1.82, 2.24) is 5.32 Å². The number of aliphatic hydroxyl groups excluding tert-OH is 6. The van der Waals surface area contributed by atoms with Gasteiger partial charge in [0.25, 0.3) is 0 Å². The summed E-state index contributed by atoms with van der Waals surface area (Å²) < 4.78 is 11.1. The first kappa shape index (κ1) is 46.5. The minimum absolute atomic E-state index is 0.247. The van der Waals surface area contributed by atoms with Gasteiger partial charge in [0.2, 0.25) is 5.91 Å². The Balaban J connectivity index is 1.60. The molecule has 0 aromatic heterocycles. The summed E-state index contributed by atoms with van der Waals surface area (Å²) in [6, 6.07) is 8.54. The Morgan fingerprint density at radius 1 is 0.712 bits per heavy atom. The number of ether oxygens (including phenoxy) is 2. The number of carbonyl (C=O) groups excluding carboxylic acids is 1. The molecule has 1 aromatic rings. The van der Waals surface area contributed by atoms with Crippen molar-refractivity contribution in [2.45, 2.75) is 210 Å². The van der Waals surface area contributed by atoms with Gasteiger partial charge in [-0.15, -0.1) is 0 Å². The lowest BCUT2D eigenvalue weighted by Crippen LogP contribution is -2.60. The second kappa shape index (κ2) is 29.7. The van der Waals surface area contributed by atoms with Gasteiger partial charge >= 0.3 is 0 Å². The Morgan fingerprint density at radius 3 is 1.67 bits per heavy atom. The summed E-state index contributed by atoms with van der Waals surface area (Å²) in [4.78, 5) is 12.9. The van der Waals surface area contributed by atoms with E-state index < -0.39 is 55.6 Å². The molecule has 10 nitrogen and oxygen atoms in total. The molecule has 1 saturated heterocycles. The zero-order chi connectivity index (χ0) is 37.8. The first-order valence-electron chi connectivity index (χ1n) is 20.9. The molecule has 0 saturated carbocycles. The molecule has 2 rings (SSSR count). The van der Waals surface area contributed by atoms with E-state index in [4.69, 9.17) is 9.47 Å². The number of aliphatic hydroxyl groups is 6. The molecule has 8 atom stereocenters. The number of carbonyl (C=O) groups is 1. The predicted octanol–water partition coefficient (Wildman–Crippen LogP) is 6.24. The van der Waals surface area contributed by atoms with Crippen LogP contribution in [0.3, 0.4) is 0 Å². The lowest BCUT2D eigenvalue weighted by Gasteiger charge is -2.40. The molecule has 0 bridgehead atoms. The fraction of sp³-hybridized carbons (Fsp3) is 0.833. The number of nitrogens with one attached hydrogen (secondary N) is 1. The van der Waals surface area contributed by atoms with Crippen molar-refractivity contribution < 1.29 is 44.9 Å². The zero-order valence-electron chi connectivity index (χ0n) is 32.3. The van der Waals surface area contributed by atoms with Crippen molar-refractivity contribution in [2.24, 2.45) is 0 Å². The van der Waals surface area contributed by atoms with E-state index in [0.29, 0.717) is 12.8 Å². The van der Waals surface area contributed by atoms with E-state index in [1.807, 2.05) is 30.3 Å². The highest BCUT2D eigenvalue weighted by atomic mass is 16.7. The summed E-state index contributed by atoms with van der Waals surface area (Å²) in [5.41, 5.74) is 1.00. The summed E-state index contributed by atoms with van der Waals surface area (Å²) in [6.07, 6.45) is 18.2. The first-order chi connectivity index (χ1) is 25.3. The smallest absolute Gasteiger partial charge is 0.220 e. The van der Waals surface area contributed by atoms with Crippen LogP contribution < -0.4 is 5.32 Å². The molecule has 1 aliphatic rings. The van der Waals surface area contributed by atoms with Crippen LogP contribution in [0.15, 0.2) is 30.3 Å². The molecule has 1 aliphatic heterocycles. The number of hydrogen-bond donors (Lipinski definition) is 7. The number of hydrogen-bond acceptors (Lipinski definition) is 9. The highest BCUT2D eigenvalue weighted by molar-refractivity contribution is 5.76. The topological polar surface area (TPSA) is 169 Å². The van der Waals surface area contributed by atoms with E-state index in [1.54, 1.807) is 0 Å². The molecule has 1 heterocycles. The van der Waals surface area contributed by atoms with E-state index in [0.717, 1.165) is 24.8 Å². The van der Waals surface area contributed by atoms with Gasteiger partial charge in [0.15, 0.2) is 6.29 Å². The zero-order valence-corrected chi connectivity index (χ0v) is 32.3. The average molecular weight is 738 g/mol. The SMILES string of the molecule is CCCCCCCCCCCCCCCCCCCCCCCC(=O)N[C@@H](CO[C@H]1O[C@H](CO)[C@H](O)[C@H](O)[C@H]1O)[C@H](O)[C@H](O)CCc1ccccc1. The lowest BCUT2D eigenvalue weighted by molar-refractivity contribution is -0.303. The second-order valence-electron chi connectivity index (χ2n) is 15.1. The fourth-order valence-corrected chi connectivity index (χ4v) is 7.02. The standard InChI is InChI=1S/C42H75NO9/c1-2-3-4-5-6-7-8-9-10-11-12-13-14-15-16-17-18-19-20-21-25-28-37(46)43-34(38(47)35(45)30-29-33-26-23-22-24-27-33)32-51-42-41(50)40(49)39(48)36(31-44)52-42/h22-24,26-27,34-36,38-42,44-45,47-50H,2-21,25,28-32H2,1H3,(H,43,46)/t34-,35+,36+,38-,39-,40-,41+,42-/m0/s1. The van der Waals surface area contributed by atoms with Crippen LogP contribution in [-0.2, 0) is 20.7 Å². The van der Waals surface area contributed by atoms with Gasteiger partial charge in [0, 0.05) is 6.42 Å². The molecule has 0 radical (unpaired) electrons. The Kier molecular flexibility index (Phi) is 26.6. The van der Waals surface area contributed by atoms with Crippen molar-refractivity contribution in [3.05, 3.63) is 35.9 Å². The molecular formula is C42H75NO9. The minimum atomic E-state index is -1.62. The van der Waals surface area contributed by atoms with Crippen LogP contribution in [0.5, 0.6) is 0 Å². The van der Waals surface area contributed by atoms with Crippen LogP contribution in [-0.4, -0.2) is 98.7 Å². The normalized spacial score (nSPS) is 22.2. The molecule has 302 valence electrons. The Morgan fingerprint density at radius 2 is 1.19 bits per heavy atom. The van der Waals surface area contributed by atoms with E-state index in [9.17, 15) is 35.4 Å². The predicted molar refractivity (Wildman–Crippen MR) is 206 cm³/mol. The maximum absolute atomic E-state index is 12.9. The Bertz CT molecular complexity index is 983. The van der Waals surface area contributed by atoms with Crippen LogP contribution in [0.1, 0.15) is 160 Å². The molecule has 0 aliphatic carbocycles. The maximum atomic E-state index is 12.9.